The fraction of sp³-hybridized carbons (Fsp3) is 0.429. The van der Waals surface area contributed by atoms with Gasteiger partial charge in [-0.1, -0.05) is 30.4 Å². The van der Waals surface area contributed by atoms with Crippen LogP contribution in [0.5, 0.6) is 0 Å². The van der Waals surface area contributed by atoms with Crippen LogP contribution in [-0.4, -0.2) is 36.2 Å². The SMILES string of the molecule is O=S1(=O)[C@H]2C[C@H]3C=C[C@@]2(CN1Cc1ccccc1F)O3. The van der Waals surface area contributed by atoms with E-state index in [4.69, 9.17) is 4.74 Å². The molecule has 3 aliphatic heterocycles. The van der Waals surface area contributed by atoms with Crippen LogP contribution < -0.4 is 0 Å². The molecule has 1 aromatic carbocycles. The van der Waals surface area contributed by atoms with E-state index in [1.807, 2.05) is 12.2 Å². The standard InChI is InChI=1S/C14H14FNO3S/c15-12-4-2-1-3-10(12)8-16-9-14-6-5-11(19-14)7-13(14)20(16,17)18/h1-6,11,13H,7-9H2/t11-,13+,14+/m1/s1. The zero-order valence-corrected chi connectivity index (χ0v) is 11.5. The third kappa shape index (κ3) is 1.55. The minimum atomic E-state index is -3.43. The number of nitrogens with zero attached hydrogens (tertiary/aromatic N) is 1. The van der Waals surface area contributed by atoms with E-state index >= 15 is 0 Å². The van der Waals surface area contributed by atoms with Crippen LogP contribution in [0.15, 0.2) is 36.4 Å². The second-order valence-corrected chi connectivity index (χ2v) is 7.71. The zero-order chi connectivity index (χ0) is 14.0. The van der Waals surface area contributed by atoms with Crippen molar-refractivity contribution in [2.45, 2.75) is 29.9 Å². The lowest BCUT2D eigenvalue weighted by Gasteiger charge is -2.19. The Morgan fingerprint density at radius 1 is 1.40 bits per heavy atom. The molecule has 0 N–H and O–H groups in total. The molecule has 1 spiro atoms. The first-order valence-electron chi connectivity index (χ1n) is 6.61. The summed E-state index contributed by atoms with van der Waals surface area (Å²) in [5, 5.41) is -0.517. The maximum Gasteiger partial charge on any atom is 0.220 e. The van der Waals surface area contributed by atoms with Crippen molar-refractivity contribution in [1.29, 1.82) is 0 Å². The smallest absolute Gasteiger partial charge is 0.220 e. The molecule has 3 atom stereocenters. The third-order valence-electron chi connectivity index (χ3n) is 4.40. The van der Waals surface area contributed by atoms with Crippen LogP contribution in [0, 0.1) is 5.82 Å². The summed E-state index contributed by atoms with van der Waals surface area (Å²) in [6.07, 6.45) is 4.22. The van der Waals surface area contributed by atoms with Gasteiger partial charge in [0.2, 0.25) is 10.0 Å². The van der Waals surface area contributed by atoms with Crippen LogP contribution in [0.4, 0.5) is 4.39 Å². The maximum atomic E-state index is 13.7. The van der Waals surface area contributed by atoms with Gasteiger partial charge in [-0.3, -0.25) is 0 Å². The Labute approximate surface area is 116 Å². The molecule has 20 heavy (non-hydrogen) atoms. The summed E-state index contributed by atoms with van der Waals surface area (Å²) >= 11 is 0. The molecule has 4 rings (SSSR count). The molecule has 2 saturated heterocycles. The van der Waals surface area contributed by atoms with Gasteiger partial charge in [-0.25, -0.2) is 12.8 Å². The monoisotopic (exact) mass is 295 g/mol. The van der Waals surface area contributed by atoms with Gasteiger partial charge in [-0.15, -0.1) is 0 Å². The number of ether oxygens (including phenoxy) is 1. The quantitative estimate of drug-likeness (QED) is 0.776. The van der Waals surface area contributed by atoms with Crippen molar-refractivity contribution >= 4 is 10.0 Å². The van der Waals surface area contributed by atoms with Gasteiger partial charge in [0, 0.05) is 18.7 Å². The highest BCUT2D eigenvalue weighted by Gasteiger charge is 2.63. The Hall–Kier alpha value is -1.24. The lowest BCUT2D eigenvalue weighted by molar-refractivity contribution is 0.0298. The van der Waals surface area contributed by atoms with Gasteiger partial charge >= 0.3 is 0 Å². The summed E-state index contributed by atoms with van der Waals surface area (Å²) in [4.78, 5) is 0. The van der Waals surface area contributed by atoms with Crippen LogP contribution >= 0.6 is 0 Å². The molecule has 0 radical (unpaired) electrons. The van der Waals surface area contributed by atoms with Crippen LogP contribution in [0.1, 0.15) is 12.0 Å². The lowest BCUT2D eigenvalue weighted by atomic mass is 9.94. The van der Waals surface area contributed by atoms with E-state index < -0.39 is 20.9 Å². The van der Waals surface area contributed by atoms with Gasteiger partial charge in [-0.2, -0.15) is 4.31 Å². The van der Waals surface area contributed by atoms with E-state index in [9.17, 15) is 12.8 Å². The second-order valence-electron chi connectivity index (χ2n) is 5.60. The van der Waals surface area contributed by atoms with Crippen LogP contribution in [0.2, 0.25) is 0 Å². The van der Waals surface area contributed by atoms with Gasteiger partial charge in [0.25, 0.3) is 0 Å². The molecular formula is C14H14FNO3S. The summed E-state index contributed by atoms with van der Waals surface area (Å²) in [6.45, 7) is 0.344. The van der Waals surface area contributed by atoms with Crippen LogP contribution in [-0.2, 0) is 21.3 Å². The number of benzene rings is 1. The fourth-order valence-electron chi connectivity index (χ4n) is 3.42. The maximum absolute atomic E-state index is 13.7. The molecule has 2 fully saturated rings. The lowest BCUT2D eigenvalue weighted by Crippen LogP contribution is -2.36. The normalized spacial score (nSPS) is 37.5. The van der Waals surface area contributed by atoms with Gasteiger partial charge in [0.05, 0.1) is 6.10 Å². The first kappa shape index (κ1) is 12.5. The highest BCUT2D eigenvalue weighted by molar-refractivity contribution is 7.90. The van der Waals surface area contributed by atoms with Gasteiger partial charge in [0.1, 0.15) is 16.7 Å². The van der Waals surface area contributed by atoms with Crippen LogP contribution in [0.3, 0.4) is 0 Å². The number of hydrogen-bond acceptors (Lipinski definition) is 3. The highest BCUT2D eigenvalue weighted by Crippen LogP contribution is 2.48. The molecule has 3 aliphatic rings. The topological polar surface area (TPSA) is 46.6 Å². The van der Waals surface area contributed by atoms with Crippen molar-refractivity contribution in [3.05, 3.63) is 47.8 Å². The predicted octanol–water partition coefficient (Wildman–Crippen LogP) is 1.44. The number of rotatable bonds is 2. The second kappa shape index (κ2) is 3.90. The van der Waals surface area contributed by atoms with E-state index in [2.05, 4.69) is 0 Å². The highest BCUT2D eigenvalue weighted by atomic mass is 32.2. The third-order valence-corrected chi connectivity index (χ3v) is 6.69. The van der Waals surface area contributed by atoms with Crippen molar-refractivity contribution < 1.29 is 17.5 Å². The molecule has 3 heterocycles. The average Bonchev–Trinajstić information content (AvgIpc) is 3.03. The van der Waals surface area contributed by atoms with Crippen molar-refractivity contribution in [1.82, 2.24) is 4.31 Å². The minimum absolute atomic E-state index is 0.0646. The number of fused-ring (bicyclic) bond motifs is 1. The Kier molecular flexibility index (Phi) is 2.44. The van der Waals surface area contributed by atoms with E-state index in [0.717, 1.165) is 0 Å². The van der Waals surface area contributed by atoms with E-state index in [-0.39, 0.29) is 25.0 Å². The molecule has 1 aromatic rings. The molecule has 0 unspecified atom stereocenters. The molecule has 4 nitrogen and oxygen atoms in total. The summed E-state index contributed by atoms with van der Waals surface area (Å²) in [7, 11) is -3.43. The molecule has 6 heteroatoms. The Morgan fingerprint density at radius 2 is 2.20 bits per heavy atom. The fourth-order valence-corrected chi connectivity index (χ4v) is 5.63. The van der Waals surface area contributed by atoms with E-state index in [1.165, 1.54) is 10.4 Å². The van der Waals surface area contributed by atoms with E-state index in [1.54, 1.807) is 18.2 Å². The Bertz CT molecular complexity index is 702. The van der Waals surface area contributed by atoms with Gasteiger partial charge in [-0.05, 0) is 12.5 Å². The molecule has 2 bridgehead atoms. The zero-order valence-electron chi connectivity index (χ0n) is 10.7. The van der Waals surface area contributed by atoms with Crippen molar-refractivity contribution in [3.63, 3.8) is 0 Å². The molecule has 106 valence electrons. The van der Waals surface area contributed by atoms with Crippen molar-refractivity contribution in [2.24, 2.45) is 0 Å². The summed E-state index contributed by atoms with van der Waals surface area (Å²) in [5.41, 5.74) is -0.319. The Morgan fingerprint density at radius 3 is 2.90 bits per heavy atom. The Balaban J connectivity index is 1.68. The molecule has 0 saturated carbocycles. The summed E-state index contributed by atoms with van der Waals surface area (Å²) in [6, 6.07) is 6.27. The average molecular weight is 295 g/mol. The van der Waals surface area contributed by atoms with Crippen molar-refractivity contribution in [2.75, 3.05) is 6.54 Å². The first-order valence-corrected chi connectivity index (χ1v) is 8.11. The summed E-state index contributed by atoms with van der Waals surface area (Å²) < 4.78 is 46.0. The first-order chi connectivity index (χ1) is 9.51. The molecular weight excluding hydrogens is 281 g/mol. The molecule has 0 amide bonds. The molecule has 0 aromatic heterocycles. The van der Waals surface area contributed by atoms with Gasteiger partial charge in [0.15, 0.2) is 0 Å². The minimum Gasteiger partial charge on any atom is -0.361 e. The predicted molar refractivity (Wildman–Crippen MR) is 70.9 cm³/mol. The largest absolute Gasteiger partial charge is 0.361 e. The number of halogens is 1. The number of sulfonamides is 1. The van der Waals surface area contributed by atoms with Crippen molar-refractivity contribution in [3.8, 4) is 0 Å². The number of hydrogen-bond donors (Lipinski definition) is 0. The summed E-state index contributed by atoms with van der Waals surface area (Å²) in [5.74, 6) is -0.377. The molecule has 0 aliphatic carbocycles. The van der Waals surface area contributed by atoms with Crippen LogP contribution in [0.25, 0.3) is 0 Å². The van der Waals surface area contributed by atoms with E-state index in [0.29, 0.717) is 12.0 Å². The van der Waals surface area contributed by atoms with Gasteiger partial charge < -0.3 is 4.74 Å².